The minimum atomic E-state index is -1.00. The quantitative estimate of drug-likeness (QED) is 0.0746. The molecule has 2 fully saturated rings. The molecule has 3 N–H and O–H groups in total. The molecule has 300 valence electrons. The summed E-state index contributed by atoms with van der Waals surface area (Å²) in [6, 6.07) is 16.0. The molecule has 1 saturated heterocycles. The van der Waals surface area contributed by atoms with E-state index in [1.54, 1.807) is 60.7 Å². The highest BCUT2D eigenvalue weighted by Gasteiger charge is 2.64. The predicted octanol–water partition coefficient (Wildman–Crippen LogP) is 6.97. The van der Waals surface area contributed by atoms with Crippen molar-refractivity contribution in [2.75, 3.05) is 31.7 Å². The molecule has 1 saturated carbocycles. The Bertz CT molecular complexity index is 2060. The number of nitrogens with one attached hydrogen (secondary N) is 3. The van der Waals surface area contributed by atoms with Gasteiger partial charge in [0.1, 0.15) is 23.6 Å². The van der Waals surface area contributed by atoms with Gasteiger partial charge in [-0.05, 0) is 80.6 Å². The number of ether oxygens (including phenoxy) is 3. The number of hydrogen-bond acceptors (Lipinski definition) is 9. The van der Waals surface area contributed by atoms with Crippen molar-refractivity contribution < 1.29 is 38.2 Å². The molecule has 5 amide bonds. The van der Waals surface area contributed by atoms with Crippen LogP contribution in [-0.4, -0.2) is 79.0 Å². The molecule has 0 spiro atoms. The van der Waals surface area contributed by atoms with E-state index in [2.05, 4.69) is 48.5 Å². The van der Waals surface area contributed by atoms with E-state index in [1.165, 1.54) is 0 Å². The second-order valence-electron chi connectivity index (χ2n) is 15.8. The lowest BCUT2D eigenvalue weighted by Crippen LogP contribution is -2.74. The van der Waals surface area contributed by atoms with Crippen molar-refractivity contribution >= 4 is 52.5 Å². The Labute approximate surface area is 337 Å². The molecule has 57 heavy (non-hydrogen) atoms. The fourth-order valence-corrected chi connectivity index (χ4v) is 8.55. The van der Waals surface area contributed by atoms with Crippen molar-refractivity contribution in [2.45, 2.75) is 84.4 Å². The van der Waals surface area contributed by atoms with Gasteiger partial charge in [0.2, 0.25) is 17.5 Å². The first-order valence-corrected chi connectivity index (χ1v) is 19.7. The second-order valence-corrected chi connectivity index (χ2v) is 16.2. The molecule has 1 atom stereocenters. The van der Waals surface area contributed by atoms with Gasteiger partial charge in [-0.25, -0.2) is 4.85 Å². The highest BCUT2D eigenvalue weighted by Crippen LogP contribution is 2.55. The Morgan fingerprint density at radius 1 is 0.912 bits per heavy atom. The third-order valence-corrected chi connectivity index (χ3v) is 11.3. The Hall–Kier alpha value is -5.45. The second kappa shape index (κ2) is 17.4. The summed E-state index contributed by atoms with van der Waals surface area (Å²) < 4.78 is 18.0. The van der Waals surface area contributed by atoms with Crippen LogP contribution in [0.25, 0.3) is 4.85 Å². The van der Waals surface area contributed by atoms with Crippen LogP contribution < -0.4 is 25.4 Å². The molecular formula is C43H48ClN5O8. The van der Waals surface area contributed by atoms with E-state index >= 15 is 0 Å². The molecule has 0 aromatic heterocycles. The fourth-order valence-electron chi connectivity index (χ4n) is 8.34. The number of piperidine rings is 1. The number of unbranched alkanes of at least 4 members (excludes halogenated alkanes) is 2. The number of benzene rings is 3. The van der Waals surface area contributed by atoms with E-state index in [0.717, 1.165) is 24.2 Å². The molecule has 13 nitrogen and oxygen atoms in total. The molecular weight excluding hydrogens is 750 g/mol. The number of imide groups is 2. The minimum Gasteiger partial charge on any atom is -0.494 e. The van der Waals surface area contributed by atoms with Crippen LogP contribution in [0.4, 0.5) is 11.4 Å². The first-order chi connectivity index (χ1) is 27.2. The largest absolute Gasteiger partial charge is 0.494 e. The van der Waals surface area contributed by atoms with E-state index in [-0.39, 0.29) is 52.9 Å². The Kier molecular flexibility index (Phi) is 12.5. The lowest BCUT2D eigenvalue weighted by Gasteiger charge is -2.63. The maximum atomic E-state index is 13.3. The normalized spacial score (nSPS) is 20.6. The molecule has 0 bridgehead atoms. The summed E-state index contributed by atoms with van der Waals surface area (Å²) in [5.41, 5.74) is 1.19. The van der Waals surface area contributed by atoms with Crippen LogP contribution in [0.1, 0.15) is 97.3 Å². The number of carbonyl (C=O) groups excluding carboxylic acids is 5. The molecule has 1 unspecified atom stereocenters. The minimum absolute atomic E-state index is 0.0695. The number of rotatable bonds is 17. The van der Waals surface area contributed by atoms with Crippen molar-refractivity contribution in [3.05, 3.63) is 93.8 Å². The lowest BCUT2D eigenvalue weighted by molar-refractivity contribution is -0.164. The van der Waals surface area contributed by atoms with Crippen molar-refractivity contribution in [1.29, 1.82) is 0 Å². The van der Waals surface area contributed by atoms with Gasteiger partial charge >= 0.3 is 0 Å². The molecule has 6 rings (SSSR count). The zero-order valence-corrected chi connectivity index (χ0v) is 33.4. The van der Waals surface area contributed by atoms with Gasteiger partial charge in [-0.3, -0.25) is 34.2 Å². The summed E-state index contributed by atoms with van der Waals surface area (Å²) in [5.74, 6) is -1.01. The lowest BCUT2D eigenvalue weighted by atomic mass is 9.49. The standard InChI is InChI=1S/C43H48ClN5O8/c1-42(2)40(43(3,4)41(42)57-28-17-18-31(45-5)30(44)25-28)48-36(51)26-13-15-27(16-14-26)56-24-8-6-7-22-55-23-10-21-46-32-12-9-11-29-35(32)39(54)49(38(29)53)33-19-20-34(50)47-37(33)52/h9,11-18,25,33,40-41,46H,6-8,10,19-24H2,1-4H3,(H,48,51)(H,47,50,52). The van der Waals surface area contributed by atoms with E-state index in [0.29, 0.717) is 66.2 Å². The molecule has 2 aliphatic heterocycles. The SMILES string of the molecule is [C-]#[N+]c1ccc(OC2C(C)(C)C(NC(=O)c3ccc(OCCCCCOCCCNc4cccc5c4C(=O)N(C4CCC(=O)NC4=O)C5=O)cc3)C2(C)C)cc1Cl. The van der Waals surface area contributed by atoms with Crippen LogP contribution in [0.3, 0.4) is 0 Å². The maximum absolute atomic E-state index is 13.3. The molecule has 0 radical (unpaired) electrons. The van der Waals surface area contributed by atoms with Gasteiger partial charge in [0, 0.05) is 54.3 Å². The number of nitrogens with zero attached hydrogens (tertiary/aromatic N) is 2. The Morgan fingerprint density at radius 2 is 1.61 bits per heavy atom. The van der Waals surface area contributed by atoms with Crippen LogP contribution in [0, 0.1) is 17.4 Å². The topological polar surface area (TPSA) is 157 Å². The number of amides is 5. The molecule has 3 aromatic carbocycles. The third kappa shape index (κ3) is 8.77. The van der Waals surface area contributed by atoms with Gasteiger partial charge in [-0.1, -0.05) is 51.4 Å². The smallest absolute Gasteiger partial charge is 0.264 e. The molecule has 2 heterocycles. The molecule has 3 aromatic rings. The first kappa shape index (κ1) is 41.2. The molecule has 14 heteroatoms. The Morgan fingerprint density at radius 3 is 2.32 bits per heavy atom. The highest BCUT2D eigenvalue weighted by molar-refractivity contribution is 6.33. The summed E-state index contributed by atoms with van der Waals surface area (Å²) in [6.45, 7) is 17.7. The van der Waals surface area contributed by atoms with Crippen LogP contribution in [0.5, 0.6) is 11.5 Å². The van der Waals surface area contributed by atoms with Crippen LogP contribution in [0.2, 0.25) is 5.02 Å². The van der Waals surface area contributed by atoms with E-state index in [4.69, 9.17) is 32.4 Å². The maximum Gasteiger partial charge on any atom is 0.264 e. The third-order valence-electron chi connectivity index (χ3n) is 11.0. The van der Waals surface area contributed by atoms with Gasteiger partial charge in [0.05, 0.1) is 29.3 Å². The Balaban J connectivity index is 0.845. The van der Waals surface area contributed by atoms with Gasteiger partial charge in [0.15, 0.2) is 0 Å². The van der Waals surface area contributed by atoms with Crippen molar-refractivity contribution in [3.63, 3.8) is 0 Å². The van der Waals surface area contributed by atoms with Crippen LogP contribution >= 0.6 is 11.6 Å². The summed E-state index contributed by atoms with van der Waals surface area (Å²) in [4.78, 5) is 67.8. The zero-order valence-electron chi connectivity index (χ0n) is 32.6. The van der Waals surface area contributed by atoms with Gasteiger partial charge in [-0.2, -0.15) is 0 Å². The summed E-state index contributed by atoms with van der Waals surface area (Å²) in [5, 5.41) is 9.00. The monoisotopic (exact) mass is 797 g/mol. The van der Waals surface area contributed by atoms with Gasteiger partial charge < -0.3 is 24.8 Å². The number of hydrogen-bond donors (Lipinski definition) is 3. The highest BCUT2D eigenvalue weighted by atomic mass is 35.5. The van der Waals surface area contributed by atoms with Crippen LogP contribution in [0.15, 0.2) is 60.7 Å². The van der Waals surface area contributed by atoms with E-state index < -0.39 is 29.7 Å². The zero-order chi connectivity index (χ0) is 40.9. The van der Waals surface area contributed by atoms with Crippen molar-refractivity contribution in [1.82, 2.24) is 15.5 Å². The molecule has 1 aliphatic carbocycles. The molecule has 3 aliphatic rings. The number of carbonyl (C=O) groups is 5. The van der Waals surface area contributed by atoms with E-state index in [9.17, 15) is 24.0 Å². The van der Waals surface area contributed by atoms with Crippen molar-refractivity contribution in [2.24, 2.45) is 10.8 Å². The van der Waals surface area contributed by atoms with E-state index in [1.807, 2.05) is 0 Å². The van der Waals surface area contributed by atoms with Gasteiger partial charge in [-0.15, -0.1) is 0 Å². The average Bonchev–Trinajstić information content (AvgIpc) is 3.44. The number of fused-ring (bicyclic) bond motifs is 1. The van der Waals surface area contributed by atoms with Gasteiger partial charge in [0.25, 0.3) is 17.7 Å². The fraction of sp³-hybridized carbons (Fsp3) is 0.442. The average molecular weight is 798 g/mol. The summed E-state index contributed by atoms with van der Waals surface area (Å²) in [6.07, 6.45) is 3.31. The summed E-state index contributed by atoms with van der Waals surface area (Å²) in [7, 11) is 0. The number of anilines is 1. The van der Waals surface area contributed by atoms with Crippen LogP contribution in [-0.2, 0) is 14.3 Å². The summed E-state index contributed by atoms with van der Waals surface area (Å²) >= 11 is 6.22. The first-order valence-electron chi connectivity index (χ1n) is 19.3. The number of halogens is 1. The predicted molar refractivity (Wildman–Crippen MR) is 214 cm³/mol. The van der Waals surface area contributed by atoms with Crippen molar-refractivity contribution in [3.8, 4) is 11.5 Å².